The molecule has 2 aromatic rings. The molecule has 86 valence electrons. The Morgan fingerprint density at radius 3 is 3.12 bits per heavy atom. The quantitative estimate of drug-likeness (QED) is 0.674. The second kappa shape index (κ2) is 5.21. The molecule has 0 aliphatic heterocycles. The number of nitrogens with zero attached hydrogens (tertiary/aromatic N) is 1. The number of aromatic amines is 1. The van der Waals surface area contributed by atoms with Crippen LogP contribution in [0.25, 0.3) is 11.0 Å². The smallest absolute Gasteiger partial charge is 0.166 e. The molecule has 16 heavy (non-hydrogen) atoms. The van der Waals surface area contributed by atoms with Gasteiger partial charge in [-0.1, -0.05) is 33.8 Å². The van der Waals surface area contributed by atoms with Crippen molar-refractivity contribution in [2.75, 3.05) is 11.1 Å². The van der Waals surface area contributed by atoms with Crippen LogP contribution in [-0.4, -0.2) is 32.3 Å². The number of H-pyrrole nitrogens is 1. The molecule has 0 radical (unpaired) electrons. The monoisotopic (exact) mass is 300 g/mol. The minimum absolute atomic E-state index is 0.333. The van der Waals surface area contributed by atoms with Crippen molar-refractivity contribution in [2.45, 2.75) is 18.2 Å². The Hall–Kier alpha value is -0.520. The highest BCUT2D eigenvalue weighted by Gasteiger charge is 2.06. The van der Waals surface area contributed by atoms with Gasteiger partial charge in [-0.15, -0.1) is 0 Å². The molecule has 1 atom stereocenters. The fraction of sp³-hybridized carbons (Fsp3) is 0.364. The normalized spacial score (nSPS) is 13.2. The molecular weight excluding hydrogens is 288 g/mol. The number of fused-ring (bicyclic) bond motifs is 1. The van der Waals surface area contributed by atoms with Gasteiger partial charge in [0.15, 0.2) is 5.16 Å². The van der Waals surface area contributed by atoms with Crippen molar-refractivity contribution < 1.29 is 5.11 Å². The van der Waals surface area contributed by atoms with Gasteiger partial charge >= 0.3 is 0 Å². The topological polar surface area (TPSA) is 48.9 Å². The molecule has 0 saturated carbocycles. The summed E-state index contributed by atoms with van der Waals surface area (Å²) in [5, 5.41) is 10.9. The second-order valence-electron chi connectivity index (χ2n) is 3.68. The van der Waals surface area contributed by atoms with Crippen LogP contribution < -0.4 is 0 Å². The maximum Gasteiger partial charge on any atom is 0.166 e. The summed E-state index contributed by atoms with van der Waals surface area (Å²) in [6.45, 7) is 2.06. The van der Waals surface area contributed by atoms with Crippen LogP contribution in [0, 0.1) is 6.92 Å². The van der Waals surface area contributed by atoms with E-state index >= 15 is 0 Å². The molecule has 2 N–H and O–H groups in total. The van der Waals surface area contributed by atoms with Gasteiger partial charge in [0.1, 0.15) is 0 Å². The highest BCUT2D eigenvalue weighted by molar-refractivity contribution is 9.09. The van der Waals surface area contributed by atoms with Crippen LogP contribution in [0.5, 0.6) is 0 Å². The molecule has 2 rings (SSSR count). The van der Waals surface area contributed by atoms with Gasteiger partial charge in [-0.2, -0.15) is 0 Å². The third-order valence-corrected chi connectivity index (χ3v) is 3.97. The van der Waals surface area contributed by atoms with E-state index < -0.39 is 0 Å². The summed E-state index contributed by atoms with van der Waals surface area (Å²) in [6, 6.07) is 6.13. The first-order valence-corrected chi connectivity index (χ1v) is 7.13. The number of thioether (sulfide) groups is 1. The molecule has 0 fully saturated rings. The maximum absolute atomic E-state index is 9.43. The summed E-state index contributed by atoms with van der Waals surface area (Å²) in [5.41, 5.74) is 3.24. The summed E-state index contributed by atoms with van der Waals surface area (Å²) >= 11 is 4.78. The van der Waals surface area contributed by atoms with Crippen LogP contribution in [0.2, 0.25) is 0 Å². The van der Waals surface area contributed by atoms with Gasteiger partial charge in [-0.05, 0) is 24.6 Å². The van der Waals surface area contributed by atoms with Crippen molar-refractivity contribution in [1.29, 1.82) is 0 Å². The number of aryl methyl sites for hydroxylation is 1. The lowest BCUT2D eigenvalue weighted by Gasteiger charge is -2.02. The summed E-state index contributed by atoms with van der Waals surface area (Å²) in [7, 11) is 0. The predicted octanol–water partition coefficient (Wildman–Crippen LogP) is 2.72. The zero-order valence-electron chi connectivity index (χ0n) is 8.90. The number of nitrogens with one attached hydrogen (secondary N) is 1. The molecule has 0 amide bonds. The number of alkyl halides is 1. The van der Waals surface area contributed by atoms with E-state index in [0.29, 0.717) is 11.1 Å². The number of hydrogen-bond acceptors (Lipinski definition) is 3. The number of halogens is 1. The second-order valence-corrected chi connectivity index (χ2v) is 5.34. The van der Waals surface area contributed by atoms with Crippen molar-refractivity contribution in [3.63, 3.8) is 0 Å². The highest BCUT2D eigenvalue weighted by atomic mass is 79.9. The average molecular weight is 301 g/mol. The Balaban J connectivity index is 2.13. The van der Waals surface area contributed by atoms with Crippen LogP contribution in [0.1, 0.15) is 5.56 Å². The van der Waals surface area contributed by atoms with Gasteiger partial charge in [-0.3, -0.25) is 0 Å². The van der Waals surface area contributed by atoms with E-state index in [4.69, 9.17) is 0 Å². The van der Waals surface area contributed by atoms with Gasteiger partial charge in [0.05, 0.1) is 17.1 Å². The number of imidazole rings is 1. The maximum atomic E-state index is 9.43. The van der Waals surface area contributed by atoms with Crippen molar-refractivity contribution >= 4 is 38.7 Å². The van der Waals surface area contributed by atoms with Gasteiger partial charge < -0.3 is 10.1 Å². The summed E-state index contributed by atoms with van der Waals surface area (Å²) in [6.07, 6.45) is -0.333. The summed E-state index contributed by atoms with van der Waals surface area (Å²) in [5.74, 6) is 0.643. The highest BCUT2D eigenvalue weighted by Crippen LogP contribution is 2.21. The lowest BCUT2D eigenvalue weighted by molar-refractivity contribution is 0.226. The zero-order valence-corrected chi connectivity index (χ0v) is 11.3. The molecule has 1 unspecified atom stereocenters. The van der Waals surface area contributed by atoms with Crippen molar-refractivity contribution in [1.82, 2.24) is 9.97 Å². The van der Waals surface area contributed by atoms with E-state index in [1.165, 1.54) is 17.3 Å². The molecule has 0 saturated heterocycles. The van der Waals surface area contributed by atoms with E-state index in [1.807, 2.05) is 12.1 Å². The number of rotatable bonds is 4. The van der Waals surface area contributed by atoms with Crippen LogP contribution in [0.4, 0.5) is 0 Å². The van der Waals surface area contributed by atoms with Crippen molar-refractivity contribution in [3.8, 4) is 0 Å². The Morgan fingerprint density at radius 2 is 2.38 bits per heavy atom. The standard InChI is InChI=1S/C11H13BrN2OS/c1-7-2-3-9-10(4-7)14-11(13-9)16-6-8(15)5-12/h2-4,8,15H,5-6H2,1H3,(H,13,14). The largest absolute Gasteiger partial charge is 0.391 e. The molecule has 0 aliphatic rings. The van der Waals surface area contributed by atoms with Crippen LogP contribution in [0.3, 0.4) is 0 Å². The van der Waals surface area contributed by atoms with E-state index in [2.05, 4.69) is 38.9 Å². The fourth-order valence-electron chi connectivity index (χ4n) is 1.39. The third-order valence-electron chi connectivity index (χ3n) is 2.21. The average Bonchev–Trinajstić information content (AvgIpc) is 2.67. The number of aliphatic hydroxyl groups excluding tert-OH is 1. The van der Waals surface area contributed by atoms with Gasteiger partial charge in [0.25, 0.3) is 0 Å². The van der Waals surface area contributed by atoms with E-state index in [0.717, 1.165) is 16.2 Å². The first-order valence-electron chi connectivity index (χ1n) is 5.02. The van der Waals surface area contributed by atoms with Gasteiger partial charge in [0.2, 0.25) is 0 Å². The zero-order chi connectivity index (χ0) is 11.5. The molecule has 0 spiro atoms. The lowest BCUT2D eigenvalue weighted by Crippen LogP contribution is -2.10. The Kier molecular flexibility index (Phi) is 3.89. The molecule has 0 aliphatic carbocycles. The number of benzene rings is 1. The summed E-state index contributed by atoms with van der Waals surface area (Å²) in [4.78, 5) is 7.68. The van der Waals surface area contributed by atoms with Crippen LogP contribution in [-0.2, 0) is 0 Å². The first-order chi connectivity index (χ1) is 7.69. The Morgan fingerprint density at radius 1 is 1.56 bits per heavy atom. The fourth-order valence-corrected chi connectivity index (χ4v) is 2.73. The van der Waals surface area contributed by atoms with Gasteiger partial charge in [-0.25, -0.2) is 4.98 Å². The van der Waals surface area contributed by atoms with E-state index in [-0.39, 0.29) is 6.10 Å². The number of aromatic nitrogens is 2. The van der Waals surface area contributed by atoms with E-state index in [9.17, 15) is 5.11 Å². The molecule has 1 aromatic carbocycles. The Labute approximate surface area is 107 Å². The minimum atomic E-state index is -0.333. The SMILES string of the molecule is Cc1ccc2nc(SCC(O)CBr)[nH]c2c1. The predicted molar refractivity (Wildman–Crippen MR) is 71.4 cm³/mol. The number of aliphatic hydroxyl groups is 1. The third kappa shape index (κ3) is 2.78. The molecule has 3 nitrogen and oxygen atoms in total. The van der Waals surface area contributed by atoms with Crippen LogP contribution >= 0.6 is 27.7 Å². The molecule has 1 heterocycles. The van der Waals surface area contributed by atoms with Crippen molar-refractivity contribution in [2.24, 2.45) is 0 Å². The molecule has 5 heteroatoms. The van der Waals surface area contributed by atoms with Crippen LogP contribution in [0.15, 0.2) is 23.4 Å². The number of hydrogen-bond donors (Lipinski definition) is 2. The molecular formula is C11H13BrN2OS. The Bertz CT molecular complexity index is 486. The molecule has 1 aromatic heterocycles. The minimum Gasteiger partial charge on any atom is -0.391 e. The lowest BCUT2D eigenvalue weighted by atomic mass is 10.2. The van der Waals surface area contributed by atoms with Crippen molar-refractivity contribution in [3.05, 3.63) is 23.8 Å². The summed E-state index contributed by atoms with van der Waals surface area (Å²) < 4.78 is 0. The van der Waals surface area contributed by atoms with Gasteiger partial charge in [0, 0.05) is 11.1 Å². The molecule has 0 bridgehead atoms. The first kappa shape index (κ1) is 12.0. The van der Waals surface area contributed by atoms with E-state index in [1.54, 1.807) is 0 Å².